The SMILES string of the molecule is CCCCCCCOP(O)(O)(CCCCC)CCCCC. The van der Waals surface area contributed by atoms with Crippen molar-refractivity contribution in [1.82, 2.24) is 0 Å². The second-order valence-electron chi connectivity index (χ2n) is 6.41. The van der Waals surface area contributed by atoms with Crippen molar-refractivity contribution in [3.8, 4) is 0 Å². The molecule has 130 valence electrons. The molecule has 0 amide bonds. The molecule has 0 aromatic rings. The van der Waals surface area contributed by atoms with E-state index in [2.05, 4.69) is 20.8 Å². The summed E-state index contributed by atoms with van der Waals surface area (Å²) in [5, 5.41) is 0. The second-order valence-corrected chi connectivity index (χ2v) is 10.2. The second kappa shape index (κ2) is 11.8. The first-order chi connectivity index (χ1) is 9.96. The van der Waals surface area contributed by atoms with E-state index >= 15 is 0 Å². The molecular formula is C17H39O3P. The van der Waals surface area contributed by atoms with Crippen LogP contribution in [0.25, 0.3) is 0 Å². The Kier molecular flexibility index (Phi) is 12.0. The van der Waals surface area contributed by atoms with Gasteiger partial charge >= 0.3 is 132 Å². The van der Waals surface area contributed by atoms with E-state index in [0.29, 0.717) is 18.9 Å². The van der Waals surface area contributed by atoms with E-state index in [1.165, 1.54) is 19.3 Å². The van der Waals surface area contributed by atoms with E-state index in [4.69, 9.17) is 4.52 Å². The molecule has 0 atom stereocenters. The number of rotatable bonds is 15. The van der Waals surface area contributed by atoms with Gasteiger partial charge in [-0.25, -0.2) is 0 Å². The van der Waals surface area contributed by atoms with Gasteiger partial charge in [0, 0.05) is 0 Å². The van der Waals surface area contributed by atoms with Gasteiger partial charge in [0.2, 0.25) is 0 Å². The molecule has 0 rings (SSSR count). The number of hydrogen-bond acceptors (Lipinski definition) is 3. The summed E-state index contributed by atoms with van der Waals surface area (Å²) < 4.78 is 5.73. The Morgan fingerprint density at radius 1 is 0.619 bits per heavy atom. The van der Waals surface area contributed by atoms with Gasteiger partial charge in [-0.1, -0.05) is 0 Å². The first kappa shape index (κ1) is 21.3. The zero-order valence-electron chi connectivity index (χ0n) is 14.6. The molecule has 3 nitrogen and oxygen atoms in total. The van der Waals surface area contributed by atoms with Crippen LogP contribution in [0, 0.1) is 0 Å². The maximum atomic E-state index is 10.8. The predicted molar refractivity (Wildman–Crippen MR) is 94.9 cm³/mol. The van der Waals surface area contributed by atoms with Gasteiger partial charge in [-0.15, -0.1) is 0 Å². The van der Waals surface area contributed by atoms with Gasteiger partial charge in [-0.05, 0) is 0 Å². The number of hydrogen-bond donors (Lipinski definition) is 2. The summed E-state index contributed by atoms with van der Waals surface area (Å²) in [4.78, 5) is 21.6. The molecule has 0 aliphatic rings. The van der Waals surface area contributed by atoms with Crippen LogP contribution in [0.1, 0.15) is 91.4 Å². The normalized spacial score (nSPS) is 14.0. The van der Waals surface area contributed by atoms with Crippen LogP contribution in [0.15, 0.2) is 0 Å². The minimum absolute atomic E-state index is 0.456. The van der Waals surface area contributed by atoms with Crippen LogP contribution in [0.5, 0.6) is 0 Å². The molecule has 0 saturated carbocycles. The van der Waals surface area contributed by atoms with Crippen LogP contribution in [0.3, 0.4) is 0 Å². The summed E-state index contributed by atoms with van der Waals surface area (Å²) in [6.45, 7) is 6.98. The Morgan fingerprint density at radius 2 is 1.05 bits per heavy atom. The Hall–Kier alpha value is 0.310. The molecule has 4 heteroatoms. The zero-order chi connectivity index (χ0) is 16.1. The van der Waals surface area contributed by atoms with E-state index in [1.807, 2.05) is 0 Å². The molecule has 2 N–H and O–H groups in total. The van der Waals surface area contributed by atoms with Crippen molar-refractivity contribution < 1.29 is 14.3 Å². The van der Waals surface area contributed by atoms with Gasteiger partial charge in [-0.3, -0.25) is 0 Å². The standard InChI is InChI=1S/C17H39O3P/c1-4-7-10-11-12-15-20-21(18,19,16-13-8-5-2)17-14-9-6-3/h18-19H,4-17H2,1-3H3. The summed E-state index contributed by atoms with van der Waals surface area (Å²) >= 11 is 0. The quantitative estimate of drug-likeness (QED) is 0.303. The van der Waals surface area contributed by atoms with Gasteiger partial charge in [-0.2, -0.15) is 0 Å². The third-order valence-electron chi connectivity index (χ3n) is 4.06. The molecule has 0 spiro atoms. The van der Waals surface area contributed by atoms with Crippen LogP contribution < -0.4 is 0 Å². The van der Waals surface area contributed by atoms with Crippen molar-refractivity contribution in [3.05, 3.63) is 0 Å². The summed E-state index contributed by atoms with van der Waals surface area (Å²) in [7, 11) is -3.87. The van der Waals surface area contributed by atoms with Gasteiger partial charge < -0.3 is 0 Å². The average molecular weight is 322 g/mol. The van der Waals surface area contributed by atoms with Crippen LogP contribution >= 0.6 is 7.28 Å². The number of unbranched alkanes of at least 4 members (excludes halogenated alkanes) is 8. The van der Waals surface area contributed by atoms with Crippen molar-refractivity contribution >= 4 is 7.28 Å². The fraction of sp³-hybridized carbons (Fsp3) is 1.00. The molecule has 0 aliphatic carbocycles. The van der Waals surface area contributed by atoms with E-state index in [0.717, 1.165) is 51.4 Å². The van der Waals surface area contributed by atoms with Gasteiger partial charge in [0.05, 0.1) is 0 Å². The van der Waals surface area contributed by atoms with Crippen molar-refractivity contribution in [2.24, 2.45) is 0 Å². The third-order valence-corrected chi connectivity index (χ3v) is 7.27. The Balaban J connectivity index is 4.21. The molecular weight excluding hydrogens is 283 g/mol. The van der Waals surface area contributed by atoms with E-state index in [1.54, 1.807) is 0 Å². The van der Waals surface area contributed by atoms with Crippen molar-refractivity contribution in [2.45, 2.75) is 91.4 Å². The third kappa shape index (κ3) is 11.5. The minimum atomic E-state index is -3.87. The first-order valence-corrected chi connectivity index (χ1v) is 11.6. The van der Waals surface area contributed by atoms with E-state index in [9.17, 15) is 9.79 Å². The van der Waals surface area contributed by atoms with Crippen molar-refractivity contribution in [3.63, 3.8) is 0 Å². The predicted octanol–water partition coefficient (Wildman–Crippen LogP) is 5.64. The van der Waals surface area contributed by atoms with Gasteiger partial charge in [0.15, 0.2) is 0 Å². The van der Waals surface area contributed by atoms with Crippen LogP contribution in [-0.2, 0) is 4.52 Å². The van der Waals surface area contributed by atoms with Crippen molar-refractivity contribution in [2.75, 3.05) is 18.9 Å². The molecule has 0 unspecified atom stereocenters. The molecule has 0 aromatic heterocycles. The summed E-state index contributed by atoms with van der Waals surface area (Å²) in [5.74, 6) is 0. The molecule has 0 bridgehead atoms. The van der Waals surface area contributed by atoms with Crippen LogP contribution in [0.4, 0.5) is 0 Å². The Labute approximate surface area is 132 Å². The van der Waals surface area contributed by atoms with Crippen molar-refractivity contribution in [1.29, 1.82) is 0 Å². The molecule has 0 radical (unpaired) electrons. The van der Waals surface area contributed by atoms with Gasteiger partial charge in [0.25, 0.3) is 0 Å². The van der Waals surface area contributed by atoms with Crippen LogP contribution in [-0.4, -0.2) is 28.7 Å². The molecule has 0 aromatic carbocycles. The Bertz CT molecular complexity index is 230. The molecule has 21 heavy (non-hydrogen) atoms. The molecule has 0 aliphatic heterocycles. The summed E-state index contributed by atoms with van der Waals surface area (Å²) in [6.07, 6.45) is 12.7. The fourth-order valence-electron chi connectivity index (χ4n) is 2.58. The topological polar surface area (TPSA) is 49.7 Å². The Morgan fingerprint density at radius 3 is 1.52 bits per heavy atom. The van der Waals surface area contributed by atoms with Gasteiger partial charge in [0.1, 0.15) is 0 Å². The molecule has 0 heterocycles. The van der Waals surface area contributed by atoms with E-state index in [-0.39, 0.29) is 0 Å². The summed E-state index contributed by atoms with van der Waals surface area (Å²) in [5.41, 5.74) is 0. The molecule has 0 fully saturated rings. The summed E-state index contributed by atoms with van der Waals surface area (Å²) in [6, 6.07) is 0. The van der Waals surface area contributed by atoms with E-state index < -0.39 is 7.28 Å². The average Bonchev–Trinajstić information content (AvgIpc) is 2.43. The van der Waals surface area contributed by atoms with Crippen LogP contribution in [0.2, 0.25) is 0 Å². The monoisotopic (exact) mass is 322 g/mol. The maximum absolute atomic E-state index is 10.8. The zero-order valence-corrected chi connectivity index (χ0v) is 15.5. The first-order valence-electron chi connectivity index (χ1n) is 9.13. The molecule has 0 saturated heterocycles. The fourth-order valence-corrected chi connectivity index (χ4v) is 5.33.